The maximum Gasteiger partial charge on any atom is 0.261 e. The number of anilines is 2. The summed E-state index contributed by atoms with van der Waals surface area (Å²) in [5.74, 6) is -0.648. The lowest BCUT2D eigenvalue weighted by Crippen LogP contribution is -2.36. The van der Waals surface area contributed by atoms with Gasteiger partial charge in [-0.25, -0.2) is 0 Å². The number of methoxy groups -OCH3 is 1. The molecule has 8 nitrogen and oxygen atoms in total. The molecule has 3 amide bonds. The van der Waals surface area contributed by atoms with Crippen molar-refractivity contribution in [2.24, 2.45) is 0 Å². The van der Waals surface area contributed by atoms with Crippen LogP contribution >= 0.6 is 0 Å². The topological polar surface area (TPSA) is 111 Å². The Balaban J connectivity index is 1.52. The van der Waals surface area contributed by atoms with Crippen LogP contribution in [0.15, 0.2) is 36.4 Å². The van der Waals surface area contributed by atoms with Gasteiger partial charge in [-0.05, 0) is 49.2 Å². The number of nitrogens with two attached hydrogens (primary N) is 1. The number of hydrogen-bond donors (Lipinski definition) is 2. The molecule has 150 valence electrons. The van der Waals surface area contributed by atoms with E-state index in [2.05, 4.69) is 5.32 Å². The molecule has 0 radical (unpaired) electrons. The molecular weight excluding hydrogens is 374 g/mol. The summed E-state index contributed by atoms with van der Waals surface area (Å²) in [5.41, 5.74) is 7.56. The van der Waals surface area contributed by atoms with Gasteiger partial charge in [0.05, 0.1) is 36.6 Å². The molecule has 29 heavy (non-hydrogen) atoms. The molecule has 1 atom stereocenters. The van der Waals surface area contributed by atoms with Crippen LogP contribution in [0, 0.1) is 0 Å². The third-order valence-corrected chi connectivity index (χ3v) is 5.13. The molecule has 0 aromatic heterocycles. The first kappa shape index (κ1) is 18.9. The molecule has 0 bridgehead atoms. The molecule has 2 aromatic rings. The normalized spacial score (nSPS) is 18.1. The van der Waals surface area contributed by atoms with Gasteiger partial charge in [0, 0.05) is 17.9 Å². The van der Waals surface area contributed by atoms with Gasteiger partial charge < -0.3 is 20.5 Å². The zero-order chi connectivity index (χ0) is 20.5. The molecule has 1 unspecified atom stereocenters. The van der Waals surface area contributed by atoms with Crippen LogP contribution in [0.3, 0.4) is 0 Å². The Labute approximate surface area is 167 Å². The van der Waals surface area contributed by atoms with E-state index in [1.165, 1.54) is 30.2 Å². The lowest BCUT2D eigenvalue weighted by atomic mass is 10.1. The van der Waals surface area contributed by atoms with E-state index in [9.17, 15) is 14.4 Å². The molecule has 8 heteroatoms. The minimum atomic E-state index is -0.407. The number of nitrogens with one attached hydrogen (secondary N) is 1. The van der Waals surface area contributed by atoms with E-state index in [-0.39, 0.29) is 29.7 Å². The highest BCUT2D eigenvalue weighted by atomic mass is 16.5. The van der Waals surface area contributed by atoms with Crippen molar-refractivity contribution in [3.63, 3.8) is 0 Å². The summed E-state index contributed by atoms with van der Waals surface area (Å²) in [6.07, 6.45) is 1.63. The summed E-state index contributed by atoms with van der Waals surface area (Å²) in [7, 11) is 1.51. The fourth-order valence-electron chi connectivity index (χ4n) is 3.61. The van der Waals surface area contributed by atoms with Crippen molar-refractivity contribution >= 4 is 29.1 Å². The van der Waals surface area contributed by atoms with Crippen LogP contribution in [0.1, 0.15) is 43.9 Å². The average molecular weight is 395 g/mol. The minimum Gasteiger partial charge on any atom is -0.495 e. The van der Waals surface area contributed by atoms with E-state index >= 15 is 0 Å². The molecule has 2 heterocycles. The molecule has 0 saturated carbocycles. The van der Waals surface area contributed by atoms with Gasteiger partial charge >= 0.3 is 0 Å². The molecule has 3 N–H and O–H groups in total. The molecule has 2 aliphatic rings. The van der Waals surface area contributed by atoms with Gasteiger partial charge in [0.15, 0.2) is 0 Å². The molecule has 0 spiro atoms. The molecular formula is C21H21N3O5. The maximum atomic E-state index is 12.7. The molecule has 2 aromatic carbocycles. The van der Waals surface area contributed by atoms with E-state index < -0.39 is 11.8 Å². The number of ether oxygens (including phenoxy) is 2. The maximum absolute atomic E-state index is 12.7. The fraction of sp³-hybridized carbons (Fsp3) is 0.286. The summed E-state index contributed by atoms with van der Waals surface area (Å²) in [6.45, 7) is 0.882. The highest BCUT2D eigenvalue weighted by Gasteiger charge is 2.37. The Kier molecular flexibility index (Phi) is 4.94. The van der Waals surface area contributed by atoms with Crippen LogP contribution in [-0.4, -0.2) is 49.0 Å². The molecule has 1 saturated heterocycles. The summed E-state index contributed by atoms with van der Waals surface area (Å²) >= 11 is 0. The van der Waals surface area contributed by atoms with Crippen LogP contribution in [-0.2, 0) is 4.74 Å². The number of hydrogen-bond acceptors (Lipinski definition) is 6. The Bertz CT molecular complexity index is 998. The SMILES string of the molecule is COc1ccc(NC(=O)c2ccc3c(c2)C(=O)N(CC2CCCO2)C3=O)cc1N. The highest BCUT2D eigenvalue weighted by Crippen LogP contribution is 2.27. The van der Waals surface area contributed by atoms with Crippen molar-refractivity contribution in [2.75, 3.05) is 31.3 Å². The van der Waals surface area contributed by atoms with Crippen LogP contribution in [0.5, 0.6) is 5.75 Å². The Morgan fingerprint density at radius 1 is 1.21 bits per heavy atom. The van der Waals surface area contributed by atoms with Gasteiger partial charge in [-0.2, -0.15) is 0 Å². The van der Waals surface area contributed by atoms with Gasteiger partial charge in [-0.15, -0.1) is 0 Å². The number of carbonyl (C=O) groups is 3. The predicted octanol–water partition coefficient (Wildman–Crippen LogP) is 2.30. The third kappa shape index (κ3) is 3.54. The van der Waals surface area contributed by atoms with Crippen LogP contribution in [0.2, 0.25) is 0 Å². The first-order chi connectivity index (χ1) is 14.0. The van der Waals surface area contributed by atoms with E-state index in [0.717, 1.165) is 12.8 Å². The van der Waals surface area contributed by atoms with Crippen molar-refractivity contribution in [1.29, 1.82) is 0 Å². The zero-order valence-electron chi connectivity index (χ0n) is 15.9. The van der Waals surface area contributed by atoms with Gasteiger partial charge in [0.25, 0.3) is 17.7 Å². The van der Waals surface area contributed by atoms with Gasteiger partial charge in [-0.1, -0.05) is 0 Å². The largest absolute Gasteiger partial charge is 0.495 e. The Morgan fingerprint density at radius 3 is 2.69 bits per heavy atom. The van der Waals surface area contributed by atoms with Crippen molar-refractivity contribution in [2.45, 2.75) is 18.9 Å². The fourth-order valence-corrected chi connectivity index (χ4v) is 3.61. The lowest BCUT2D eigenvalue weighted by Gasteiger charge is -2.17. The van der Waals surface area contributed by atoms with E-state index in [1.807, 2.05) is 0 Å². The molecule has 4 rings (SSSR count). The predicted molar refractivity (Wildman–Crippen MR) is 106 cm³/mol. The second-order valence-electron chi connectivity index (χ2n) is 7.03. The summed E-state index contributed by atoms with van der Waals surface area (Å²) in [6, 6.07) is 9.40. The highest BCUT2D eigenvalue weighted by molar-refractivity contribution is 6.22. The molecule has 0 aliphatic carbocycles. The van der Waals surface area contributed by atoms with Crippen molar-refractivity contribution < 1.29 is 23.9 Å². The smallest absolute Gasteiger partial charge is 0.261 e. The third-order valence-electron chi connectivity index (χ3n) is 5.13. The number of rotatable bonds is 5. The quantitative estimate of drug-likeness (QED) is 0.594. The van der Waals surface area contributed by atoms with Crippen molar-refractivity contribution in [3.05, 3.63) is 53.1 Å². The lowest BCUT2D eigenvalue weighted by molar-refractivity contribution is 0.0475. The Morgan fingerprint density at radius 2 is 2.00 bits per heavy atom. The number of fused-ring (bicyclic) bond motifs is 1. The monoisotopic (exact) mass is 395 g/mol. The van der Waals surface area contributed by atoms with E-state index in [1.54, 1.807) is 18.2 Å². The van der Waals surface area contributed by atoms with Crippen molar-refractivity contribution in [1.82, 2.24) is 4.90 Å². The van der Waals surface area contributed by atoms with E-state index in [0.29, 0.717) is 29.3 Å². The second-order valence-corrected chi connectivity index (χ2v) is 7.03. The number of amides is 3. The number of nitrogen functional groups attached to an aromatic ring is 1. The zero-order valence-corrected chi connectivity index (χ0v) is 15.9. The molecule has 2 aliphatic heterocycles. The summed E-state index contributed by atoms with van der Waals surface area (Å²) < 4.78 is 10.6. The van der Waals surface area contributed by atoms with Crippen molar-refractivity contribution in [3.8, 4) is 5.75 Å². The van der Waals surface area contributed by atoms with Crippen LogP contribution in [0.4, 0.5) is 11.4 Å². The first-order valence-corrected chi connectivity index (χ1v) is 9.34. The van der Waals surface area contributed by atoms with E-state index in [4.69, 9.17) is 15.2 Å². The van der Waals surface area contributed by atoms with Crippen LogP contribution in [0.25, 0.3) is 0 Å². The Hall–Kier alpha value is -3.39. The number of benzene rings is 2. The van der Waals surface area contributed by atoms with Gasteiger partial charge in [0.2, 0.25) is 0 Å². The summed E-state index contributed by atoms with van der Waals surface area (Å²) in [5, 5.41) is 2.73. The number of imide groups is 1. The standard InChI is InChI=1S/C21H21N3O5/c1-28-18-7-5-13(10-17(18)22)23-19(25)12-4-6-15-16(9-12)21(27)24(20(15)26)11-14-3-2-8-29-14/h4-7,9-10,14H,2-3,8,11,22H2,1H3,(H,23,25). The number of nitrogens with zero attached hydrogens (tertiary/aromatic N) is 1. The van der Waals surface area contributed by atoms with Crippen LogP contribution < -0.4 is 15.8 Å². The van der Waals surface area contributed by atoms with Gasteiger partial charge in [-0.3, -0.25) is 19.3 Å². The minimum absolute atomic E-state index is 0.125. The average Bonchev–Trinajstić information content (AvgIpc) is 3.31. The second kappa shape index (κ2) is 7.56. The summed E-state index contributed by atoms with van der Waals surface area (Å²) in [4.78, 5) is 39.1. The molecule has 1 fully saturated rings. The number of carbonyl (C=O) groups excluding carboxylic acids is 3. The van der Waals surface area contributed by atoms with Gasteiger partial charge in [0.1, 0.15) is 5.75 Å². The first-order valence-electron chi connectivity index (χ1n) is 9.34.